The summed E-state index contributed by atoms with van der Waals surface area (Å²) < 4.78 is 25.7. The van der Waals surface area contributed by atoms with Crippen LogP contribution in [0.15, 0.2) is 46.2 Å². The molecule has 4 atom stereocenters. The molecule has 25 heavy (non-hydrogen) atoms. The van der Waals surface area contributed by atoms with Crippen LogP contribution >= 0.6 is 11.8 Å². The minimum Gasteiger partial charge on any atom is -0.343 e. The summed E-state index contributed by atoms with van der Waals surface area (Å²) in [6.45, 7) is -0.0496. The van der Waals surface area contributed by atoms with Gasteiger partial charge in [0.1, 0.15) is 6.54 Å². The Morgan fingerprint density at radius 2 is 1.96 bits per heavy atom. The molecular weight excluding hydrogens is 356 g/mol. The molecule has 132 valence electrons. The summed E-state index contributed by atoms with van der Waals surface area (Å²) in [6, 6.07) is 8.77. The third kappa shape index (κ3) is 3.60. The van der Waals surface area contributed by atoms with Crippen LogP contribution in [0.25, 0.3) is 0 Å². The van der Waals surface area contributed by atoms with Crippen molar-refractivity contribution in [3.8, 4) is 6.07 Å². The van der Waals surface area contributed by atoms with Gasteiger partial charge in [-0.2, -0.15) is 5.26 Å². The van der Waals surface area contributed by atoms with Crippen molar-refractivity contribution >= 4 is 27.5 Å². The molecule has 3 rings (SSSR count). The van der Waals surface area contributed by atoms with Gasteiger partial charge in [0, 0.05) is 10.8 Å². The van der Waals surface area contributed by atoms with Gasteiger partial charge in [0.05, 0.1) is 16.7 Å². The number of sulfone groups is 1. The van der Waals surface area contributed by atoms with E-state index >= 15 is 0 Å². The molecule has 0 radical (unpaired) electrons. The molecule has 2 unspecified atom stereocenters. The molecule has 1 aromatic carbocycles. The molecule has 5 nitrogen and oxygen atoms in total. The van der Waals surface area contributed by atoms with E-state index in [1.807, 2.05) is 24.5 Å². The Morgan fingerprint density at radius 1 is 1.28 bits per heavy atom. The third-order valence-corrected chi connectivity index (χ3v) is 7.65. The van der Waals surface area contributed by atoms with E-state index in [-0.39, 0.29) is 41.9 Å². The molecule has 7 heteroatoms. The summed E-state index contributed by atoms with van der Waals surface area (Å²) in [6.07, 6.45) is 6.80. The topological polar surface area (TPSA) is 87.0 Å². The molecule has 0 saturated heterocycles. The second kappa shape index (κ2) is 7.22. The largest absolute Gasteiger partial charge is 0.343 e. The minimum absolute atomic E-state index is 0.0399. The Kier molecular flexibility index (Phi) is 5.21. The van der Waals surface area contributed by atoms with E-state index < -0.39 is 9.84 Å². The van der Waals surface area contributed by atoms with Crippen LogP contribution in [0.3, 0.4) is 0 Å². The summed E-state index contributed by atoms with van der Waals surface area (Å²) in [5.74, 6) is -0.674. The van der Waals surface area contributed by atoms with Crippen LogP contribution in [0.2, 0.25) is 0 Å². The molecule has 2 bridgehead atoms. The zero-order valence-corrected chi connectivity index (χ0v) is 15.5. The van der Waals surface area contributed by atoms with Crippen LogP contribution in [0.4, 0.5) is 0 Å². The van der Waals surface area contributed by atoms with Gasteiger partial charge in [-0.3, -0.25) is 4.79 Å². The van der Waals surface area contributed by atoms with Crippen LogP contribution in [0, 0.1) is 35.0 Å². The molecule has 2 aliphatic rings. The first kappa shape index (κ1) is 18.0. The number of hydrogen-bond donors (Lipinski definition) is 1. The van der Waals surface area contributed by atoms with Crippen LogP contribution in [0.1, 0.15) is 6.42 Å². The maximum absolute atomic E-state index is 12.8. The van der Waals surface area contributed by atoms with Gasteiger partial charge in [-0.15, -0.1) is 11.8 Å². The number of fused-ring (bicyclic) bond motifs is 2. The van der Waals surface area contributed by atoms with Crippen LogP contribution in [0.5, 0.6) is 0 Å². The summed E-state index contributed by atoms with van der Waals surface area (Å²) in [5.41, 5.74) is 0. The van der Waals surface area contributed by atoms with Gasteiger partial charge in [0.25, 0.3) is 0 Å². The fraction of sp³-hybridized carbons (Fsp3) is 0.444. The van der Waals surface area contributed by atoms with Crippen molar-refractivity contribution in [1.82, 2.24) is 5.32 Å². The highest BCUT2D eigenvalue weighted by molar-refractivity contribution is 7.98. The number of carbonyl (C=O) groups is 1. The number of rotatable bonds is 6. The number of hydrogen-bond acceptors (Lipinski definition) is 5. The van der Waals surface area contributed by atoms with Crippen molar-refractivity contribution in [2.75, 3.05) is 18.6 Å². The van der Waals surface area contributed by atoms with Crippen LogP contribution in [-0.2, 0) is 14.6 Å². The quantitative estimate of drug-likeness (QED) is 0.467. The highest BCUT2D eigenvalue weighted by Gasteiger charge is 2.49. The summed E-state index contributed by atoms with van der Waals surface area (Å²) in [5, 5.41) is 11.3. The highest BCUT2D eigenvalue weighted by Crippen LogP contribution is 2.49. The van der Waals surface area contributed by atoms with Gasteiger partial charge >= 0.3 is 0 Å². The average Bonchev–Trinajstić information content (AvgIpc) is 3.21. The predicted molar refractivity (Wildman–Crippen MR) is 96.6 cm³/mol. The van der Waals surface area contributed by atoms with E-state index in [1.54, 1.807) is 36.0 Å². The first-order chi connectivity index (χ1) is 12.0. The molecule has 2 aliphatic carbocycles. The normalized spacial score (nSPS) is 27.2. The number of nitrogens with one attached hydrogen (secondary N) is 1. The first-order valence-corrected chi connectivity index (χ1v) is 11.0. The van der Waals surface area contributed by atoms with Gasteiger partial charge in [0.2, 0.25) is 5.91 Å². The number of benzene rings is 1. The Hall–Kier alpha value is -1.78. The number of nitriles is 1. The monoisotopic (exact) mass is 376 g/mol. The molecule has 0 heterocycles. The average molecular weight is 377 g/mol. The number of amides is 1. The van der Waals surface area contributed by atoms with Crippen LogP contribution in [-0.4, -0.2) is 32.9 Å². The summed E-state index contributed by atoms with van der Waals surface area (Å²) in [7, 11) is -3.47. The second-order valence-corrected chi connectivity index (χ2v) is 9.38. The number of allylic oxidation sites excluding steroid dienone is 2. The van der Waals surface area contributed by atoms with Crippen molar-refractivity contribution in [3.63, 3.8) is 0 Å². The molecule has 1 amide bonds. The Labute approximate surface area is 152 Å². The van der Waals surface area contributed by atoms with Gasteiger partial charge < -0.3 is 5.32 Å². The van der Waals surface area contributed by atoms with Gasteiger partial charge in [-0.1, -0.05) is 12.2 Å². The lowest BCUT2D eigenvalue weighted by Gasteiger charge is -2.26. The maximum Gasteiger partial charge on any atom is 0.224 e. The molecule has 1 aromatic rings. The van der Waals surface area contributed by atoms with E-state index in [0.717, 1.165) is 11.3 Å². The molecule has 0 spiro atoms. The minimum atomic E-state index is -3.47. The van der Waals surface area contributed by atoms with E-state index in [1.165, 1.54) is 0 Å². The summed E-state index contributed by atoms with van der Waals surface area (Å²) >= 11 is 1.56. The van der Waals surface area contributed by atoms with Gasteiger partial charge in [-0.05, 0) is 54.7 Å². The fourth-order valence-corrected chi connectivity index (χ4v) is 6.03. The Balaban J connectivity index is 1.80. The van der Waals surface area contributed by atoms with E-state index in [9.17, 15) is 13.2 Å². The third-order valence-electron chi connectivity index (χ3n) is 5.10. The van der Waals surface area contributed by atoms with Gasteiger partial charge in [0.15, 0.2) is 9.84 Å². The molecule has 1 N–H and O–H groups in total. The van der Waals surface area contributed by atoms with Gasteiger partial charge in [-0.25, -0.2) is 8.42 Å². The predicted octanol–water partition coefficient (Wildman–Crippen LogP) is 2.26. The number of nitrogens with zero attached hydrogens (tertiary/aromatic N) is 1. The Bertz CT molecular complexity index is 825. The number of thioether (sulfide) groups is 1. The zero-order valence-electron chi connectivity index (χ0n) is 13.9. The number of carbonyl (C=O) groups excluding carboxylic acids is 1. The first-order valence-electron chi connectivity index (χ1n) is 8.16. The van der Waals surface area contributed by atoms with Crippen molar-refractivity contribution in [3.05, 3.63) is 36.4 Å². The lowest BCUT2D eigenvalue weighted by atomic mass is 9.83. The van der Waals surface area contributed by atoms with Crippen molar-refractivity contribution in [2.24, 2.45) is 23.7 Å². The second-order valence-electron chi connectivity index (χ2n) is 6.47. The van der Waals surface area contributed by atoms with E-state index in [2.05, 4.69) is 5.32 Å². The van der Waals surface area contributed by atoms with Crippen LogP contribution < -0.4 is 5.32 Å². The Morgan fingerprint density at radius 3 is 2.60 bits per heavy atom. The highest BCUT2D eigenvalue weighted by atomic mass is 32.2. The van der Waals surface area contributed by atoms with Crippen molar-refractivity contribution < 1.29 is 13.2 Å². The molecule has 1 fully saturated rings. The smallest absolute Gasteiger partial charge is 0.224 e. The van der Waals surface area contributed by atoms with E-state index in [4.69, 9.17) is 5.26 Å². The zero-order chi connectivity index (χ0) is 18.0. The summed E-state index contributed by atoms with van der Waals surface area (Å²) in [4.78, 5) is 13.7. The standard InChI is InChI=1S/C18H20N2O3S2/c1-24-14-4-6-15(7-5-14)25(22,23)11-16-12-2-3-13(10-12)17(16)18(21)20-9-8-19/h2-7,12-13,16-17H,9-11H2,1H3,(H,20,21)/t12-,13?,16-,17?/m1/s1. The lowest BCUT2D eigenvalue weighted by molar-refractivity contribution is -0.126. The molecule has 0 aliphatic heterocycles. The maximum atomic E-state index is 12.8. The SMILES string of the molecule is CSc1ccc(S(=O)(=O)C[C@H]2C(C(=O)NCC#N)C3C=C[C@@H]2C3)cc1. The van der Waals surface area contributed by atoms with E-state index in [0.29, 0.717) is 4.90 Å². The van der Waals surface area contributed by atoms with Crippen molar-refractivity contribution in [1.29, 1.82) is 5.26 Å². The van der Waals surface area contributed by atoms with Crippen molar-refractivity contribution in [2.45, 2.75) is 16.2 Å². The molecule has 1 saturated carbocycles. The lowest BCUT2D eigenvalue weighted by Crippen LogP contribution is -2.39. The molecular formula is C18H20N2O3S2. The fourth-order valence-electron chi connectivity index (χ4n) is 3.92. The molecule has 0 aromatic heterocycles.